The number of nitrogens with one attached hydrogen (secondary N) is 1. The highest BCUT2D eigenvalue weighted by atomic mass is 16.1. The molecule has 5 rings (SSSR count). The van der Waals surface area contributed by atoms with Gasteiger partial charge in [-0.15, -0.1) is 0 Å². The maximum Gasteiger partial charge on any atom is 0.227 e. The molecule has 1 saturated carbocycles. The summed E-state index contributed by atoms with van der Waals surface area (Å²) >= 11 is 0. The first kappa shape index (κ1) is 16.5. The predicted molar refractivity (Wildman–Crippen MR) is 105 cm³/mol. The molecule has 3 aliphatic rings. The summed E-state index contributed by atoms with van der Waals surface area (Å²) in [4.78, 5) is 30.0. The number of rotatable bonds is 3. The number of carbonyl (C=O) groups is 1. The van der Waals surface area contributed by atoms with Crippen molar-refractivity contribution in [1.82, 2.24) is 15.0 Å². The van der Waals surface area contributed by atoms with Crippen LogP contribution in [0.25, 0.3) is 0 Å². The molecule has 2 aliphatic heterocycles. The molecule has 7 heteroatoms. The number of carbonyl (C=O) groups excluding carboxylic acids is 1. The molecule has 1 amide bonds. The molecular weight excluding hydrogens is 340 g/mol. The highest BCUT2D eigenvalue weighted by molar-refractivity contribution is 5.89. The average molecular weight is 364 g/mol. The first-order chi connectivity index (χ1) is 12.9. The molecule has 0 bridgehead atoms. The summed E-state index contributed by atoms with van der Waals surface area (Å²) in [5.41, 5.74) is 3.54. The fourth-order valence-corrected chi connectivity index (χ4v) is 4.20. The molecule has 1 atom stereocenters. The zero-order valence-corrected chi connectivity index (χ0v) is 16.0. The molecule has 4 heterocycles. The Bertz CT molecular complexity index is 938. The van der Waals surface area contributed by atoms with Crippen LogP contribution in [0, 0.1) is 6.92 Å². The minimum atomic E-state index is -0.111. The monoisotopic (exact) mass is 364 g/mol. The van der Waals surface area contributed by atoms with Crippen LogP contribution in [0.3, 0.4) is 0 Å². The number of aryl methyl sites for hydroxylation is 1. The van der Waals surface area contributed by atoms with Gasteiger partial charge in [0.15, 0.2) is 0 Å². The molecule has 0 radical (unpaired) electrons. The van der Waals surface area contributed by atoms with Gasteiger partial charge in [0.1, 0.15) is 11.6 Å². The van der Waals surface area contributed by atoms with E-state index in [-0.39, 0.29) is 11.3 Å². The fraction of sp³-hybridized carbons (Fsp3) is 0.500. The van der Waals surface area contributed by atoms with Crippen molar-refractivity contribution in [3.8, 4) is 0 Å². The normalized spacial score (nSPS) is 21.8. The molecule has 27 heavy (non-hydrogen) atoms. The summed E-state index contributed by atoms with van der Waals surface area (Å²) in [6.45, 7) is 7.67. The Morgan fingerprint density at radius 3 is 2.74 bits per heavy atom. The number of fused-ring (bicyclic) bond motifs is 2. The van der Waals surface area contributed by atoms with Crippen molar-refractivity contribution in [1.29, 1.82) is 0 Å². The van der Waals surface area contributed by atoms with Crippen LogP contribution in [0.2, 0.25) is 0 Å². The van der Waals surface area contributed by atoms with Crippen molar-refractivity contribution >= 4 is 29.2 Å². The van der Waals surface area contributed by atoms with Gasteiger partial charge in [0.05, 0.1) is 5.69 Å². The van der Waals surface area contributed by atoms with E-state index in [2.05, 4.69) is 38.1 Å². The lowest BCUT2D eigenvalue weighted by Gasteiger charge is -2.39. The molecular formula is C20H24N6O. The van der Waals surface area contributed by atoms with Gasteiger partial charge < -0.3 is 15.1 Å². The van der Waals surface area contributed by atoms with Crippen LogP contribution in [0.4, 0.5) is 23.3 Å². The summed E-state index contributed by atoms with van der Waals surface area (Å²) < 4.78 is 0. The summed E-state index contributed by atoms with van der Waals surface area (Å²) in [6.07, 6.45) is 5.48. The van der Waals surface area contributed by atoms with Gasteiger partial charge in [-0.05, 0) is 33.1 Å². The first-order valence-electron chi connectivity index (χ1n) is 9.63. The minimum absolute atomic E-state index is 0.111. The van der Waals surface area contributed by atoms with Gasteiger partial charge in [-0.25, -0.2) is 9.97 Å². The lowest BCUT2D eigenvalue weighted by molar-refractivity contribution is -0.114. The van der Waals surface area contributed by atoms with Crippen molar-refractivity contribution in [3.63, 3.8) is 0 Å². The zero-order chi connectivity index (χ0) is 18.8. The zero-order valence-electron chi connectivity index (χ0n) is 16.0. The van der Waals surface area contributed by atoms with Crippen LogP contribution in [-0.4, -0.2) is 40.0 Å². The molecule has 1 spiro atoms. The van der Waals surface area contributed by atoms with E-state index in [4.69, 9.17) is 4.98 Å². The predicted octanol–water partition coefficient (Wildman–Crippen LogP) is 2.92. The number of aromatic nitrogens is 3. The Morgan fingerprint density at radius 1 is 1.30 bits per heavy atom. The van der Waals surface area contributed by atoms with Crippen LogP contribution in [-0.2, 0) is 10.2 Å². The number of anilines is 4. The molecule has 1 saturated heterocycles. The van der Waals surface area contributed by atoms with Crippen molar-refractivity contribution in [2.24, 2.45) is 0 Å². The molecule has 2 aromatic heterocycles. The summed E-state index contributed by atoms with van der Waals surface area (Å²) in [5, 5.41) is 2.80. The summed E-state index contributed by atoms with van der Waals surface area (Å²) in [5.74, 6) is 2.23. The topological polar surface area (TPSA) is 74.2 Å². The maximum absolute atomic E-state index is 11.4. The van der Waals surface area contributed by atoms with Gasteiger partial charge >= 0.3 is 0 Å². The third-order valence-electron chi connectivity index (χ3n) is 6.04. The van der Waals surface area contributed by atoms with Crippen LogP contribution < -0.4 is 15.1 Å². The Morgan fingerprint density at radius 2 is 2.11 bits per heavy atom. The van der Waals surface area contributed by atoms with Gasteiger partial charge in [-0.1, -0.05) is 0 Å². The Balaban J connectivity index is 1.56. The Labute approximate surface area is 158 Å². The van der Waals surface area contributed by atoms with Crippen LogP contribution in [0.15, 0.2) is 18.3 Å². The smallest absolute Gasteiger partial charge is 0.227 e. The van der Waals surface area contributed by atoms with E-state index in [0.29, 0.717) is 11.9 Å². The Kier molecular flexibility index (Phi) is 3.44. The van der Waals surface area contributed by atoms with Gasteiger partial charge in [-0.3, -0.25) is 4.79 Å². The van der Waals surface area contributed by atoms with Gasteiger partial charge in [0.2, 0.25) is 11.9 Å². The van der Waals surface area contributed by atoms with Gasteiger partial charge in [0.25, 0.3) is 0 Å². The second-order valence-electron chi connectivity index (χ2n) is 8.13. The third-order valence-corrected chi connectivity index (χ3v) is 6.04. The third kappa shape index (κ3) is 2.64. The van der Waals surface area contributed by atoms with Crippen LogP contribution in [0.5, 0.6) is 0 Å². The molecule has 2 aromatic rings. The van der Waals surface area contributed by atoms with Crippen molar-refractivity contribution in [2.75, 3.05) is 28.2 Å². The number of nitrogens with zero attached hydrogens (tertiary/aromatic N) is 5. The number of hydrogen-bond donors (Lipinski definition) is 1. The lowest BCUT2D eigenvalue weighted by atomic mass is 10.0. The highest BCUT2D eigenvalue weighted by Gasteiger charge is 2.52. The maximum atomic E-state index is 11.4. The van der Waals surface area contributed by atoms with E-state index in [1.807, 2.05) is 19.2 Å². The molecule has 140 valence electrons. The second kappa shape index (κ2) is 5.65. The SMILES string of the molecule is CC(=O)Nc1cc2c(cn1)C1(CC1)CN2c1cc(C)nc(N2CCC2C)n1. The van der Waals surface area contributed by atoms with Crippen LogP contribution >= 0.6 is 0 Å². The molecule has 2 fully saturated rings. The Hall–Kier alpha value is -2.70. The minimum Gasteiger partial charge on any atom is -0.338 e. The van der Waals surface area contributed by atoms with Gasteiger partial charge in [0, 0.05) is 61.1 Å². The number of pyridine rings is 1. The molecule has 1 unspecified atom stereocenters. The van der Waals surface area contributed by atoms with E-state index in [9.17, 15) is 4.79 Å². The lowest BCUT2D eigenvalue weighted by Crippen LogP contribution is -2.46. The summed E-state index contributed by atoms with van der Waals surface area (Å²) in [6, 6.07) is 4.53. The molecule has 0 aromatic carbocycles. The number of hydrogen-bond acceptors (Lipinski definition) is 6. The van der Waals surface area contributed by atoms with E-state index >= 15 is 0 Å². The van der Waals surface area contributed by atoms with Gasteiger partial charge in [-0.2, -0.15) is 4.98 Å². The van der Waals surface area contributed by atoms with E-state index in [1.54, 1.807) is 0 Å². The molecule has 1 N–H and O–H groups in total. The van der Waals surface area contributed by atoms with E-state index in [0.717, 1.165) is 36.2 Å². The van der Waals surface area contributed by atoms with Crippen molar-refractivity contribution in [3.05, 3.63) is 29.6 Å². The number of amides is 1. The van der Waals surface area contributed by atoms with E-state index in [1.165, 1.54) is 31.7 Å². The molecule has 1 aliphatic carbocycles. The van der Waals surface area contributed by atoms with Crippen molar-refractivity contribution < 1.29 is 4.79 Å². The highest BCUT2D eigenvalue weighted by Crippen LogP contribution is 2.58. The fourth-order valence-electron chi connectivity index (χ4n) is 4.20. The van der Waals surface area contributed by atoms with Crippen LogP contribution in [0.1, 0.15) is 44.4 Å². The quantitative estimate of drug-likeness (QED) is 0.903. The van der Waals surface area contributed by atoms with E-state index < -0.39 is 0 Å². The average Bonchev–Trinajstić information content (AvgIpc) is 3.30. The van der Waals surface area contributed by atoms with Crippen molar-refractivity contribution in [2.45, 2.75) is 51.5 Å². The largest absolute Gasteiger partial charge is 0.338 e. The second-order valence-corrected chi connectivity index (χ2v) is 8.13. The standard InChI is InChI=1S/C20H24N6O/c1-12-8-18(24-19(22-12)25-7-4-13(25)2)26-11-20(5-6-20)15-10-21-17(9-16(15)26)23-14(3)27/h8-10,13H,4-7,11H2,1-3H3,(H,21,23,27). The first-order valence-corrected chi connectivity index (χ1v) is 9.63. The summed E-state index contributed by atoms with van der Waals surface area (Å²) in [7, 11) is 0. The molecule has 7 nitrogen and oxygen atoms in total.